The van der Waals surface area contributed by atoms with Gasteiger partial charge in [0, 0.05) is 24.6 Å². The van der Waals surface area contributed by atoms with Crippen molar-refractivity contribution in [3.05, 3.63) is 77.3 Å². The highest BCUT2D eigenvalue weighted by Crippen LogP contribution is 2.39. The highest BCUT2D eigenvalue weighted by atomic mass is 35.5. The Hall–Kier alpha value is -3.96. The van der Waals surface area contributed by atoms with Crippen LogP contribution >= 0.6 is 23.2 Å². The lowest BCUT2D eigenvalue weighted by Crippen LogP contribution is -2.19. The minimum absolute atomic E-state index is 0.100. The fraction of sp³-hybridized carbons (Fsp3) is 0.0526. The van der Waals surface area contributed by atoms with Gasteiger partial charge in [-0.25, -0.2) is 0 Å². The van der Waals surface area contributed by atoms with Crippen LogP contribution in [-0.4, -0.2) is 24.8 Å². The normalized spacial score (nSPS) is 11.5. The number of nitrogens with one attached hydrogen (secondary N) is 2. The number of aromatic nitrogens is 3. The summed E-state index contributed by atoms with van der Waals surface area (Å²) in [5, 5.41) is 34.3. The van der Waals surface area contributed by atoms with E-state index in [0.717, 1.165) is 12.1 Å². The van der Waals surface area contributed by atoms with Crippen LogP contribution < -0.4 is 11.1 Å². The number of halogens is 2. The van der Waals surface area contributed by atoms with Gasteiger partial charge in [0.1, 0.15) is 22.7 Å². The van der Waals surface area contributed by atoms with Gasteiger partial charge < -0.3 is 9.67 Å². The first-order chi connectivity index (χ1) is 15.2. The SMILES string of the molecule is Cn1c(=O)c(-c2[nH][nH]c(=O)c2N=Nc2c(Cl)cc([N+](=O)[O-])cc2Cl)c(O)c2ccccc21. The molecule has 2 heterocycles. The number of aromatic amines is 2. The highest BCUT2D eigenvalue weighted by Gasteiger charge is 2.23. The Morgan fingerprint density at radius 1 is 1.06 bits per heavy atom. The summed E-state index contributed by atoms with van der Waals surface area (Å²) in [4.78, 5) is 35.5. The number of nitrogens with zero attached hydrogens (tertiary/aromatic N) is 4. The fourth-order valence-corrected chi connectivity index (χ4v) is 3.74. The van der Waals surface area contributed by atoms with E-state index in [1.165, 1.54) is 11.6 Å². The average molecular weight is 475 g/mol. The predicted molar refractivity (Wildman–Crippen MR) is 119 cm³/mol. The molecule has 0 saturated carbocycles. The van der Waals surface area contributed by atoms with Crippen LogP contribution in [0.1, 0.15) is 0 Å². The molecule has 0 saturated heterocycles. The van der Waals surface area contributed by atoms with E-state index in [2.05, 4.69) is 20.4 Å². The Morgan fingerprint density at radius 2 is 1.69 bits per heavy atom. The van der Waals surface area contributed by atoms with E-state index in [-0.39, 0.29) is 44.1 Å². The van der Waals surface area contributed by atoms with Gasteiger partial charge in [-0.15, -0.1) is 10.2 Å². The Morgan fingerprint density at radius 3 is 2.34 bits per heavy atom. The first kappa shape index (κ1) is 21.3. The highest BCUT2D eigenvalue weighted by molar-refractivity contribution is 6.39. The zero-order valence-corrected chi connectivity index (χ0v) is 17.6. The lowest BCUT2D eigenvalue weighted by molar-refractivity contribution is -0.384. The first-order valence-corrected chi connectivity index (χ1v) is 9.63. The van der Waals surface area contributed by atoms with Crippen molar-refractivity contribution in [1.29, 1.82) is 0 Å². The summed E-state index contributed by atoms with van der Waals surface area (Å²) in [7, 11) is 1.52. The van der Waals surface area contributed by atoms with Crippen molar-refractivity contribution in [2.24, 2.45) is 17.3 Å². The fourth-order valence-electron chi connectivity index (χ4n) is 3.19. The van der Waals surface area contributed by atoms with Crippen molar-refractivity contribution in [2.75, 3.05) is 0 Å². The zero-order chi connectivity index (χ0) is 23.2. The summed E-state index contributed by atoms with van der Waals surface area (Å²) in [6.07, 6.45) is 0. The third kappa shape index (κ3) is 3.43. The summed E-state index contributed by atoms with van der Waals surface area (Å²) < 4.78 is 1.32. The van der Waals surface area contributed by atoms with Crippen molar-refractivity contribution in [3.63, 3.8) is 0 Å². The maximum absolute atomic E-state index is 12.9. The van der Waals surface area contributed by atoms with Crippen LogP contribution in [0.5, 0.6) is 5.75 Å². The number of aryl methyl sites for hydroxylation is 1. The molecule has 32 heavy (non-hydrogen) atoms. The smallest absolute Gasteiger partial charge is 0.292 e. The monoisotopic (exact) mass is 474 g/mol. The number of fused-ring (bicyclic) bond motifs is 1. The molecule has 0 bridgehead atoms. The van der Waals surface area contributed by atoms with Crippen LogP contribution in [0, 0.1) is 10.1 Å². The number of benzene rings is 2. The second-order valence-electron chi connectivity index (χ2n) is 6.62. The zero-order valence-electron chi connectivity index (χ0n) is 16.1. The second-order valence-corrected chi connectivity index (χ2v) is 7.44. The number of azo groups is 1. The summed E-state index contributed by atoms with van der Waals surface area (Å²) in [5.41, 5.74) is -1.89. The molecule has 11 nitrogen and oxygen atoms in total. The molecule has 0 fully saturated rings. The maximum atomic E-state index is 12.9. The molecule has 0 radical (unpaired) electrons. The largest absolute Gasteiger partial charge is 0.506 e. The first-order valence-electron chi connectivity index (χ1n) is 8.87. The predicted octanol–water partition coefficient (Wildman–Crippen LogP) is 4.56. The topological polar surface area (TPSA) is 159 Å². The number of hydrogen-bond donors (Lipinski definition) is 3. The number of H-pyrrole nitrogens is 2. The van der Waals surface area contributed by atoms with E-state index in [4.69, 9.17) is 23.2 Å². The van der Waals surface area contributed by atoms with Crippen LogP contribution in [0.3, 0.4) is 0 Å². The van der Waals surface area contributed by atoms with Crippen molar-refractivity contribution in [2.45, 2.75) is 0 Å². The molecule has 0 aliphatic carbocycles. The molecule has 2 aromatic carbocycles. The van der Waals surface area contributed by atoms with E-state index < -0.39 is 16.0 Å². The maximum Gasteiger partial charge on any atom is 0.292 e. The van der Waals surface area contributed by atoms with Gasteiger partial charge >= 0.3 is 0 Å². The molecular weight excluding hydrogens is 463 g/mol. The van der Waals surface area contributed by atoms with Crippen molar-refractivity contribution in [3.8, 4) is 17.0 Å². The molecule has 162 valence electrons. The Labute approximate surface area is 187 Å². The number of hydrogen-bond acceptors (Lipinski definition) is 7. The number of nitro groups is 1. The summed E-state index contributed by atoms with van der Waals surface area (Å²) in [5.74, 6) is -0.346. The molecule has 4 rings (SSSR count). The molecule has 13 heteroatoms. The van der Waals surface area contributed by atoms with Crippen molar-refractivity contribution in [1.82, 2.24) is 14.8 Å². The van der Waals surface area contributed by atoms with Gasteiger partial charge in [0.05, 0.1) is 20.5 Å². The van der Waals surface area contributed by atoms with Crippen LogP contribution in [0.4, 0.5) is 17.1 Å². The number of pyridine rings is 1. The molecular formula is C19H12Cl2N6O5. The molecule has 0 aliphatic rings. The Balaban J connectivity index is 1.90. The van der Waals surface area contributed by atoms with Crippen LogP contribution in [0.15, 0.2) is 56.2 Å². The van der Waals surface area contributed by atoms with Crippen LogP contribution in [0.2, 0.25) is 10.0 Å². The molecule has 0 unspecified atom stereocenters. The molecule has 0 amide bonds. The molecule has 0 atom stereocenters. The molecule has 0 spiro atoms. The molecule has 4 aromatic rings. The van der Waals surface area contributed by atoms with Crippen molar-refractivity contribution < 1.29 is 10.0 Å². The number of aromatic hydroxyl groups is 1. The Bertz CT molecular complexity index is 1530. The third-order valence-corrected chi connectivity index (χ3v) is 5.32. The summed E-state index contributed by atoms with van der Waals surface area (Å²) in [6.45, 7) is 0. The van der Waals surface area contributed by atoms with Crippen LogP contribution in [0.25, 0.3) is 22.2 Å². The van der Waals surface area contributed by atoms with Gasteiger partial charge in [0.15, 0.2) is 5.69 Å². The summed E-state index contributed by atoms with van der Waals surface area (Å²) in [6, 6.07) is 8.77. The molecule has 3 N–H and O–H groups in total. The van der Waals surface area contributed by atoms with E-state index in [9.17, 15) is 24.8 Å². The lowest BCUT2D eigenvalue weighted by Gasteiger charge is -2.10. The van der Waals surface area contributed by atoms with Crippen LogP contribution in [-0.2, 0) is 7.05 Å². The number of para-hydroxylation sites is 1. The number of nitro benzene ring substituents is 1. The standard InChI is InChI=1S/C19H12Cl2N6O5/c1-26-12-5-3-2-4-9(12)17(28)13(19(26)30)15-16(18(29)25-23-15)24-22-14-10(20)6-8(27(31)32)7-11(14)21/h2-7,28H,1H3,(H2,23,25,29). The molecule has 0 aliphatic heterocycles. The molecule has 2 aromatic heterocycles. The minimum atomic E-state index is -0.729. The summed E-state index contributed by atoms with van der Waals surface area (Å²) >= 11 is 12.0. The van der Waals surface area contributed by atoms with Crippen molar-refractivity contribution >= 4 is 51.2 Å². The van der Waals surface area contributed by atoms with Gasteiger partial charge in [0.2, 0.25) is 0 Å². The average Bonchev–Trinajstić information content (AvgIpc) is 3.11. The minimum Gasteiger partial charge on any atom is -0.506 e. The van der Waals surface area contributed by atoms with Gasteiger partial charge in [-0.2, -0.15) is 0 Å². The van der Waals surface area contributed by atoms with Gasteiger partial charge in [-0.1, -0.05) is 35.3 Å². The third-order valence-electron chi connectivity index (χ3n) is 4.74. The lowest BCUT2D eigenvalue weighted by atomic mass is 10.1. The van der Waals surface area contributed by atoms with Gasteiger partial charge in [0.25, 0.3) is 16.8 Å². The quantitative estimate of drug-likeness (QED) is 0.224. The van der Waals surface area contributed by atoms with E-state index in [1.54, 1.807) is 24.3 Å². The van der Waals surface area contributed by atoms with E-state index in [1.807, 2.05) is 0 Å². The number of non-ortho nitro benzene ring substituents is 1. The van der Waals surface area contributed by atoms with E-state index >= 15 is 0 Å². The second kappa shape index (κ2) is 7.94. The van der Waals surface area contributed by atoms with E-state index in [0.29, 0.717) is 10.9 Å². The number of rotatable bonds is 4. The van der Waals surface area contributed by atoms with Gasteiger partial charge in [-0.3, -0.25) is 29.9 Å². The Kier molecular flexibility index (Phi) is 5.28. The van der Waals surface area contributed by atoms with Gasteiger partial charge in [-0.05, 0) is 12.1 Å².